The predicted molar refractivity (Wildman–Crippen MR) is 96.2 cm³/mol. The number of imide groups is 1. The van der Waals surface area contributed by atoms with E-state index < -0.39 is 34.8 Å². The Balaban J connectivity index is 1.73. The molecule has 0 radical (unpaired) electrons. The van der Waals surface area contributed by atoms with E-state index in [0.717, 1.165) is 0 Å². The Morgan fingerprint density at radius 2 is 1.82 bits per heavy atom. The number of nitrogens with one attached hydrogen (secondary N) is 1. The zero-order valence-electron chi connectivity index (χ0n) is 14.5. The highest BCUT2D eigenvalue weighted by atomic mass is 32.2. The van der Waals surface area contributed by atoms with Gasteiger partial charge in [-0.05, 0) is 35.9 Å². The Kier molecular flexibility index (Phi) is 5.59. The number of amides is 3. The maximum atomic E-state index is 12.6. The Morgan fingerprint density at radius 3 is 2.43 bits per heavy atom. The van der Waals surface area contributed by atoms with Gasteiger partial charge in [0.25, 0.3) is 6.43 Å². The number of sulfone groups is 1. The van der Waals surface area contributed by atoms with E-state index >= 15 is 0 Å². The first-order valence-electron chi connectivity index (χ1n) is 8.19. The molecule has 148 valence electrons. The van der Waals surface area contributed by atoms with Gasteiger partial charge in [0.15, 0.2) is 9.84 Å². The number of nitrogens with zero attached hydrogens (tertiary/aromatic N) is 1. The van der Waals surface area contributed by atoms with Crippen LogP contribution >= 0.6 is 0 Å². The lowest BCUT2D eigenvalue weighted by Crippen LogP contribution is -2.27. The van der Waals surface area contributed by atoms with E-state index in [1.807, 2.05) is 0 Å². The molecule has 0 aromatic heterocycles. The number of anilines is 1. The minimum absolute atomic E-state index is 0.0430. The molecular weight excluding hydrogens is 394 g/mol. The lowest BCUT2D eigenvalue weighted by molar-refractivity contribution is -0.117. The summed E-state index contributed by atoms with van der Waals surface area (Å²) in [6, 6.07) is 11.0. The molecule has 1 heterocycles. The van der Waals surface area contributed by atoms with E-state index in [4.69, 9.17) is 4.74 Å². The molecule has 2 aromatic carbocycles. The fourth-order valence-electron chi connectivity index (χ4n) is 2.64. The SMILES string of the molecule is O=C1CN(c2ccc(CS(=O)(=O)c3cccc(OCC(F)F)c3)cc2)C(=O)N1. The second-order valence-electron chi connectivity index (χ2n) is 6.04. The van der Waals surface area contributed by atoms with E-state index in [9.17, 15) is 26.8 Å². The van der Waals surface area contributed by atoms with Gasteiger partial charge in [-0.25, -0.2) is 22.0 Å². The quantitative estimate of drug-likeness (QED) is 0.708. The summed E-state index contributed by atoms with van der Waals surface area (Å²) in [6.45, 7) is -0.917. The van der Waals surface area contributed by atoms with Gasteiger partial charge in [-0.3, -0.25) is 15.0 Å². The lowest BCUT2D eigenvalue weighted by atomic mass is 10.2. The van der Waals surface area contributed by atoms with E-state index in [0.29, 0.717) is 11.3 Å². The summed E-state index contributed by atoms with van der Waals surface area (Å²) >= 11 is 0. The van der Waals surface area contributed by atoms with Crippen molar-refractivity contribution in [3.63, 3.8) is 0 Å². The van der Waals surface area contributed by atoms with Gasteiger partial charge in [0, 0.05) is 5.69 Å². The molecule has 1 fully saturated rings. The maximum Gasteiger partial charge on any atom is 0.329 e. The minimum Gasteiger partial charge on any atom is -0.488 e. The molecular formula is C18H16F2N2O5S. The summed E-state index contributed by atoms with van der Waals surface area (Å²) in [5.74, 6) is -0.691. The number of benzene rings is 2. The number of ether oxygens (including phenoxy) is 1. The van der Waals surface area contributed by atoms with Crippen LogP contribution in [0.1, 0.15) is 5.56 Å². The maximum absolute atomic E-state index is 12.6. The summed E-state index contributed by atoms with van der Waals surface area (Å²) in [6.07, 6.45) is -2.66. The number of urea groups is 1. The molecule has 1 aliphatic heterocycles. The molecule has 7 nitrogen and oxygen atoms in total. The number of hydrogen-bond donors (Lipinski definition) is 1. The third kappa shape index (κ3) is 4.63. The van der Waals surface area contributed by atoms with Crippen LogP contribution in [0.5, 0.6) is 5.75 Å². The molecule has 0 unspecified atom stereocenters. The fourth-order valence-corrected chi connectivity index (χ4v) is 4.02. The third-order valence-electron chi connectivity index (χ3n) is 3.94. The zero-order chi connectivity index (χ0) is 20.3. The van der Waals surface area contributed by atoms with E-state index in [1.165, 1.54) is 29.2 Å². The predicted octanol–water partition coefficient (Wildman–Crippen LogP) is 2.36. The van der Waals surface area contributed by atoms with Crippen LogP contribution in [0.15, 0.2) is 53.4 Å². The highest BCUT2D eigenvalue weighted by Gasteiger charge is 2.28. The molecule has 0 atom stereocenters. The van der Waals surface area contributed by atoms with Crippen molar-refractivity contribution in [3.8, 4) is 5.75 Å². The molecule has 0 saturated carbocycles. The second kappa shape index (κ2) is 7.93. The summed E-state index contributed by atoms with van der Waals surface area (Å²) in [5, 5.41) is 2.16. The van der Waals surface area contributed by atoms with Gasteiger partial charge in [0.1, 0.15) is 18.9 Å². The van der Waals surface area contributed by atoms with Crippen molar-refractivity contribution in [2.24, 2.45) is 0 Å². The van der Waals surface area contributed by atoms with Gasteiger partial charge in [0.05, 0.1) is 10.6 Å². The number of hydrogen-bond acceptors (Lipinski definition) is 5. The van der Waals surface area contributed by atoms with Crippen molar-refractivity contribution >= 4 is 27.5 Å². The molecule has 3 amide bonds. The number of carbonyl (C=O) groups is 2. The van der Waals surface area contributed by atoms with E-state index in [1.54, 1.807) is 24.3 Å². The van der Waals surface area contributed by atoms with Crippen molar-refractivity contribution in [1.82, 2.24) is 5.32 Å². The number of alkyl halides is 2. The number of rotatable bonds is 7. The molecule has 1 aliphatic rings. The summed E-state index contributed by atoms with van der Waals surface area (Å²) < 4.78 is 54.6. The molecule has 1 N–H and O–H groups in total. The van der Waals surface area contributed by atoms with Crippen LogP contribution in [0.25, 0.3) is 0 Å². The van der Waals surface area contributed by atoms with E-state index in [-0.39, 0.29) is 22.9 Å². The summed E-state index contributed by atoms with van der Waals surface area (Å²) in [7, 11) is -3.74. The molecule has 0 aliphatic carbocycles. The van der Waals surface area contributed by atoms with Gasteiger partial charge >= 0.3 is 6.03 Å². The van der Waals surface area contributed by atoms with Crippen LogP contribution in [0.2, 0.25) is 0 Å². The third-order valence-corrected chi connectivity index (χ3v) is 5.62. The Hall–Kier alpha value is -3.01. The van der Waals surface area contributed by atoms with Gasteiger partial charge in [0.2, 0.25) is 5.91 Å². The van der Waals surface area contributed by atoms with Crippen molar-refractivity contribution in [1.29, 1.82) is 0 Å². The average Bonchev–Trinajstić information content (AvgIpc) is 2.99. The monoisotopic (exact) mass is 410 g/mol. The van der Waals surface area contributed by atoms with Gasteiger partial charge in [-0.15, -0.1) is 0 Å². The smallest absolute Gasteiger partial charge is 0.329 e. The Labute approximate surface area is 159 Å². The topological polar surface area (TPSA) is 92.8 Å². The number of carbonyl (C=O) groups excluding carboxylic acids is 2. The standard InChI is InChI=1S/C18H16F2N2O5S/c19-16(20)10-27-14-2-1-3-15(8-14)28(25,26)11-12-4-6-13(7-5-12)22-9-17(23)21-18(22)24/h1-8,16H,9-11H2,(H,21,23,24). The van der Waals surface area contributed by atoms with Crippen molar-refractivity contribution in [2.75, 3.05) is 18.1 Å². The zero-order valence-corrected chi connectivity index (χ0v) is 15.3. The van der Waals surface area contributed by atoms with Crippen LogP contribution < -0.4 is 15.0 Å². The molecule has 28 heavy (non-hydrogen) atoms. The van der Waals surface area contributed by atoms with Crippen molar-refractivity contribution in [3.05, 3.63) is 54.1 Å². The molecule has 3 rings (SSSR count). The number of halogens is 2. The minimum atomic E-state index is -3.74. The summed E-state index contributed by atoms with van der Waals surface area (Å²) in [4.78, 5) is 24.1. The van der Waals surface area contributed by atoms with Crippen molar-refractivity contribution in [2.45, 2.75) is 17.1 Å². The second-order valence-corrected chi connectivity index (χ2v) is 8.03. The lowest BCUT2D eigenvalue weighted by Gasteiger charge is -2.14. The first-order chi connectivity index (χ1) is 13.2. The van der Waals surface area contributed by atoms with E-state index in [2.05, 4.69) is 5.32 Å². The van der Waals surface area contributed by atoms with Crippen LogP contribution in [-0.4, -0.2) is 39.9 Å². The largest absolute Gasteiger partial charge is 0.488 e. The van der Waals surface area contributed by atoms with Crippen LogP contribution in [0, 0.1) is 0 Å². The first-order valence-corrected chi connectivity index (χ1v) is 9.84. The van der Waals surface area contributed by atoms with Gasteiger partial charge < -0.3 is 4.74 Å². The highest BCUT2D eigenvalue weighted by Crippen LogP contribution is 2.23. The van der Waals surface area contributed by atoms with Crippen LogP contribution in [0.4, 0.5) is 19.3 Å². The van der Waals surface area contributed by atoms with Crippen molar-refractivity contribution < 1.29 is 31.5 Å². The van der Waals surface area contributed by atoms with Gasteiger partial charge in [-0.1, -0.05) is 18.2 Å². The average molecular weight is 410 g/mol. The molecule has 10 heteroatoms. The van der Waals surface area contributed by atoms with Crippen LogP contribution in [-0.2, 0) is 20.4 Å². The highest BCUT2D eigenvalue weighted by molar-refractivity contribution is 7.90. The van der Waals surface area contributed by atoms with Gasteiger partial charge in [-0.2, -0.15) is 0 Å². The molecule has 1 saturated heterocycles. The first kappa shape index (κ1) is 19.7. The fraction of sp³-hybridized carbons (Fsp3) is 0.222. The molecule has 0 bridgehead atoms. The molecule has 0 spiro atoms. The van der Waals surface area contributed by atoms with Crippen LogP contribution in [0.3, 0.4) is 0 Å². The molecule has 2 aromatic rings. The normalized spacial score (nSPS) is 14.5. The summed E-state index contributed by atoms with van der Waals surface area (Å²) in [5.41, 5.74) is 0.931. The Bertz CT molecular complexity index is 993. The Morgan fingerprint density at radius 1 is 1.11 bits per heavy atom.